The Morgan fingerprint density at radius 3 is 2.65 bits per heavy atom. The van der Waals surface area contributed by atoms with E-state index >= 15 is 0 Å². The minimum absolute atomic E-state index is 0.551. The fourth-order valence-corrected chi connectivity index (χ4v) is 1.59. The molecule has 0 bridgehead atoms. The Balaban J connectivity index is 2.06. The predicted molar refractivity (Wildman–Crippen MR) is 64.6 cm³/mol. The molecule has 0 unspecified atom stereocenters. The normalized spacial score (nSPS) is 10.5. The smallest absolute Gasteiger partial charge is 0.243 e. The number of aromatic nitrogens is 3. The first-order chi connectivity index (χ1) is 8.33. The third kappa shape index (κ3) is 2.81. The van der Waals surface area contributed by atoms with Crippen LogP contribution in [0.4, 0.5) is 5.95 Å². The zero-order valence-electron chi connectivity index (χ0n) is 10.1. The van der Waals surface area contributed by atoms with Gasteiger partial charge in [-0.1, -0.05) is 13.8 Å². The van der Waals surface area contributed by atoms with Gasteiger partial charge >= 0.3 is 0 Å². The molecule has 0 radical (unpaired) electrons. The molecule has 1 N–H and O–H groups in total. The van der Waals surface area contributed by atoms with E-state index < -0.39 is 0 Å². The maximum atomic E-state index is 5.22. The Kier molecular flexibility index (Phi) is 3.69. The lowest BCUT2D eigenvalue weighted by molar-refractivity contribution is 0.517. The first-order valence-electron chi connectivity index (χ1n) is 5.82. The van der Waals surface area contributed by atoms with Crippen LogP contribution in [-0.4, -0.2) is 15.2 Å². The van der Waals surface area contributed by atoms with E-state index in [1.165, 1.54) is 0 Å². The van der Waals surface area contributed by atoms with Crippen molar-refractivity contribution in [3.63, 3.8) is 0 Å². The van der Waals surface area contributed by atoms with Gasteiger partial charge in [-0.05, 0) is 25.0 Å². The largest absolute Gasteiger partial charge is 0.467 e. The van der Waals surface area contributed by atoms with Crippen molar-refractivity contribution in [2.24, 2.45) is 0 Å². The number of aryl methyl sites for hydroxylation is 2. The van der Waals surface area contributed by atoms with Gasteiger partial charge < -0.3 is 9.73 Å². The summed E-state index contributed by atoms with van der Waals surface area (Å²) in [7, 11) is 0. The van der Waals surface area contributed by atoms with Gasteiger partial charge in [0.25, 0.3) is 0 Å². The Morgan fingerprint density at radius 1 is 1.18 bits per heavy atom. The summed E-state index contributed by atoms with van der Waals surface area (Å²) in [4.78, 5) is 4.44. The fraction of sp³-hybridized carbons (Fsp3) is 0.417. The molecule has 0 saturated heterocycles. The number of furan rings is 1. The van der Waals surface area contributed by atoms with Gasteiger partial charge in [-0.3, -0.25) is 0 Å². The second-order valence-electron chi connectivity index (χ2n) is 3.67. The summed E-state index contributed by atoms with van der Waals surface area (Å²) in [5.74, 6) is 1.40. The lowest BCUT2D eigenvalue weighted by atomic mass is 10.2. The van der Waals surface area contributed by atoms with Crippen LogP contribution >= 0.6 is 0 Å². The van der Waals surface area contributed by atoms with Crippen LogP contribution in [0, 0.1) is 0 Å². The molecule has 2 rings (SSSR count). The molecule has 0 fully saturated rings. The Hall–Kier alpha value is -1.91. The van der Waals surface area contributed by atoms with Crippen molar-refractivity contribution in [2.75, 3.05) is 5.32 Å². The summed E-state index contributed by atoms with van der Waals surface area (Å²) in [5.41, 5.74) is 1.97. The molecule has 5 nitrogen and oxygen atoms in total. The van der Waals surface area contributed by atoms with Gasteiger partial charge in [-0.25, -0.2) is 4.98 Å². The second kappa shape index (κ2) is 5.43. The molecule has 0 aliphatic carbocycles. The molecule has 0 aliphatic heterocycles. The molecule has 5 heteroatoms. The fourth-order valence-electron chi connectivity index (χ4n) is 1.59. The van der Waals surface area contributed by atoms with Crippen LogP contribution in [0.1, 0.15) is 31.0 Å². The molecule has 2 aromatic heterocycles. The van der Waals surface area contributed by atoms with Crippen LogP contribution in [0.2, 0.25) is 0 Å². The van der Waals surface area contributed by atoms with E-state index in [0.717, 1.165) is 30.0 Å². The molecule has 0 amide bonds. The van der Waals surface area contributed by atoms with E-state index in [1.54, 1.807) is 6.26 Å². The van der Waals surface area contributed by atoms with E-state index in [1.807, 2.05) is 12.1 Å². The molecule has 90 valence electrons. The summed E-state index contributed by atoms with van der Waals surface area (Å²) in [6.45, 7) is 4.70. The highest BCUT2D eigenvalue weighted by Crippen LogP contribution is 2.08. The standard InChI is InChI=1S/C12H16N4O/c1-3-10-11(4-2)15-16-12(14-10)13-8-9-6-5-7-17-9/h5-7H,3-4,8H2,1-2H3,(H,13,14,16). The maximum Gasteiger partial charge on any atom is 0.243 e. The summed E-state index contributed by atoms with van der Waals surface area (Å²) in [6, 6.07) is 3.76. The van der Waals surface area contributed by atoms with Crippen LogP contribution in [-0.2, 0) is 19.4 Å². The van der Waals surface area contributed by atoms with Gasteiger partial charge in [0.15, 0.2) is 0 Å². The Morgan fingerprint density at radius 2 is 2.00 bits per heavy atom. The van der Waals surface area contributed by atoms with Gasteiger partial charge in [-0.2, -0.15) is 5.10 Å². The van der Waals surface area contributed by atoms with E-state index in [0.29, 0.717) is 12.5 Å². The van der Waals surface area contributed by atoms with Crippen molar-refractivity contribution in [1.82, 2.24) is 15.2 Å². The van der Waals surface area contributed by atoms with Crippen LogP contribution in [0.3, 0.4) is 0 Å². The van der Waals surface area contributed by atoms with Crippen LogP contribution in [0.25, 0.3) is 0 Å². The van der Waals surface area contributed by atoms with Crippen molar-refractivity contribution >= 4 is 5.95 Å². The number of nitrogens with one attached hydrogen (secondary N) is 1. The van der Waals surface area contributed by atoms with Crippen molar-refractivity contribution in [1.29, 1.82) is 0 Å². The number of hydrogen-bond acceptors (Lipinski definition) is 5. The monoisotopic (exact) mass is 232 g/mol. The van der Waals surface area contributed by atoms with Gasteiger partial charge in [0.1, 0.15) is 5.76 Å². The number of anilines is 1. The van der Waals surface area contributed by atoms with Crippen LogP contribution in [0.15, 0.2) is 22.8 Å². The quantitative estimate of drug-likeness (QED) is 0.856. The summed E-state index contributed by atoms with van der Waals surface area (Å²) >= 11 is 0. The van der Waals surface area contributed by atoms with E-state index in [9.17, 15) is 0 Å². The zero-order valence-corrected chi connectivity index (χ0v) is 10.1. The molecule has 0 aliphatic rings. The molecular formula is C12H16N4O. The zero-order chi connectivity index (χ0) is 12.1. The average molecular weight is 232 g/mol. The second-order valence-corrected chi connectivity index (χ2v) is 3.67. The highest BCUT2D eigenvalue weighted by molar-refractivity contribution is 5.26. The van der Waals surface area contributed by atoms with Crippen LogP contribution < -0.4 is 5.32 Å². The molecule has 2 heterocycles. The van der Waals surface area contributed by atoms with Crippen molar-refractivity contribution in [3.8, 4) is 0 Å². The third-order valence-electron chi connectivity index (χ3n) is 2.51. The third-order valence-corrected chi connectivity index (χ3v) is 2.51. The molecule has 2 aromatic rings. The molecule has 0 saturated carbocycles. The molecule has 0 aromatic carbocycles. The summed E-state index contributed by atoms with van der Waals surface area (Å²) in [5, 5.41) is 11.3. The number of hydrogen-bond donors (Lipinski definition) is 1. The van der Waals surface area contributed by atoms with E-state index in [-0.39, 0.29) is 0 Å². The Labute approximate surface area is 100 Å². The lowest BCUT2D eigenvalue weighted by Gasteiger charge is -2.06. The SMILES string of the molecule is CCc1nnc(NCc2ccco2)nc1CC. The molecule has 17 heavy (non-hydrogen) atoms. The topological polar surface area (TPSA) is 63.8 Å². The van der Waals surface area contributed by atoms with E-state index in [2.05, 4.69) is 34.3 Å². The molecule has 0 spiro atoms. The number of rotatable bonds is 5. The minimum atomic E-state index is 0.551. The molecule has 0 atom stereocenters. The van der Waals surface area contributed by atoms with Gasteiger partial charge in [0.05, 0.1) is 24.2 Å². The number of nitrogens with zero attached hydrogens (tertiary/aromatic N) is 3. The lowest BCUT2D eigenvalue weighted by Crippen LogP contribution is -2.09. The molecular weight excluding hydrogens is 216 g/mol. The maximum absolute atomic E-state index is 5.22. The van der Waals surface area contributed by atoms with Gasteiger partial charge in [0.2, 0.25) is 5.95 Å². The Bertz CT molecular complexity index is 467. The van der Waals surface area contributed by atoms with Crippen molar-refractivity contribution in [2.45, 2.75) is 33.2 Å². The summed E-state index contributed by atoms with van der Waals surface area (Å²) in [6.07, 6.45) is 3.38. The minimum Gasteiger partial charge on any atom is -0.467 e. The predicted octanol–water partition coefficient (Wildman–Crippen LogP) is 2.20. The van der Waals surface area contributed by atoms with E-state index in [4.69, 9.17) is 4.42 Å². The van der Waals surface area contributed by atoms with Crippen LogP contribution in [0.5, 0.6) is 0 Å². The van der Waals surface area contributed by atoms with Gasteiger partial charge in [0, 0.05) is 0 Å². The summed E-state index contributed by atoms with van der Waals surface area (Å²) < 4.78 is 5.22. The first kappa shape index (κ1) is 11.6. The van der Waals surface area contributed by atoms with Crippen molar-refractivity contribution in [3.05, 3.63) is 35.5 Å². The highest BCUT2D eigenvalue weighted by Gasteiger charge is 2.06. The average Bonchev–Trinajstić information content (AvgIpc) is 2.89. The first-order valence-corrected chi connectivity index (χ1v) is 5.82. The van der Waals surface area contributed by atoms with Crippen molar-refractivity contribution < 1.29 is 4.42 Å². The van der Waals surface area contributed by atoms with Gasteiger partial charge in [-0.15, -0.1) is 5.10 Å². The highest BCUT2D eigenvalue weighted by atomic mass is 16.3.